The van der Waals surface area contributed by atoms with E-state index in [1.807, 2.05) is 13.8 Å². The van der Waals surface area contributed by atoms with Gasteiger partial charge in [-0.1, -0.05) is 13.8 Å². The van der Waals surface area contributed by atoms with Gasteiger partial charge in [-0.15, -0.1) is 0 Å². The van der Waals surface area contributed by atoms with Gasteiger partial charge in [0.05, 0.1) is 12.0 Å². The molecule has 0 aromatic heterocycles. The number of benzene rings is 1. The molecular formula is C14H21N3O4. The number of carbonyl (C=O) groups excluding carboxylic acids is 1. The molecule has 1 unspecified atom stereocenters. The van der Waals surface area contributed by atoms with Crippen LogP contribution in [0.1, 0.15) is 20.8 Å². The van der Waals surface area contributed by atoms with E-state index in [-0.39, 0.29) is 17.3 Å². The lowest BCUT2D eigenvalue weighted by molar-refractivity contribution is -0.384. The van der Waals surface area contributed by atoms with Crippen molar-refractivity contribution in [3.8, 4) is 5.75 Å². The number of rotatable bonds is 7. The molecule has 7 nitrogen and oxygen atoms in total. The van der Waals surface area contributed by atoms with Crippen LogP contribution >= 0.6 is 0 Å². The summed E-state index contributed by atoms with van der Waals surface area (Å²) < 4.78 is 5.05. The third-order valence-corrected chi connectivity index (χ3v) is 2.85. The summed E-state index contributed by atoms with van der Waals surface area (Å²) in [7, 11) is 1.48. The fourth-order valence-corrected chi connectivity index (χ4v) is 1.67. The van der Waals surface area contributed by atoms with Gasteiger partial charge < -0.3 is 15.4 Å². The molecule has 0 heterocycles. The monoisotopic (exact) mass is 295 g/mol. The second-order valence-corrected chi connectivity index (χ2v) is 5.15. The number of methoxy groups -OCH3 is 1. The van der Waals surface area contributed by atoms with Crippen LogP contribution in [0, 0.1) is 16.0 Å². The number of hydrogen-bond acceptors (Lipinski definition) is 5. The minimum absolute atomic E-state index is 0.0979. The maximum Gasteiger partial charge on any atom is 0.292 e. The van der Waals surface area contributed by atoms with E-state index in [1.54, 1.807) is 6.92 Å². The van der Waals surface area contributed by atoms with Gasteiger partial charge in [0.2, 0.25) is 5.91 Å². The van der Waals surface area contributed by atoms with E-state index in [2.05, 4.69) is 10.6 Å². The topological polar surface area (TPSA) is 93.5 Å². The maximum absolute atomic E-state index is 11.9. The fourth-order valence-electron chi connectivity index (χ4n) is 1.67. The number of hydrogen-bond donors (Lipinski definition) is 2. The highest BCUT2D eigenvalue weighted by Crippen LogP contribution is 2.29. The van der Waals surface area contributed by atoms with Crippen LogP contribution in [0.25, 0.3) is 0 Å². The maximum atomic E-state index is 11.9. The van der Waals surface area contributed by atoms with Gasteiger partial charge in [0, 0.05) is 18.7 Å². The lowest BCUT2D eigenvalue weighted by Crippen LogP contribution is -2.39. The number of ether oxygens (including phenoxy) is 1. The third kappa shape index (κ3) is 4.94. The van der Waals surface area contributed by atoms with E-state index in [4.69, 9.17) is 4.74 Å². The van der Waals surface area contributed by atoms with Crippen molar-refractivity contribution in [2.75, 3.05) is 19.0 Å². The van der Waals surface area contributed by atoms with Gasteiger partial charge in [-0.2, -0.15) is 0 Å². The van der Waals surface area contributed by atoms with E-state index < -0.39 is 11.0 Å². The zero-order chi connectivity index (χ0) is 16.0. The normalized spacial score (nSPS) is 11.9. The zero-order valence-electron chi connectivity index (χ0n) is 12.7. The predicted molar refractivity (Wildman–Crippen MR) is 80.6 cm³/mol. The van der Waals surface area contributed by atoms with E-state index in [1.165, 1.54) is 25.3 Å². The Balaban J connectivity index is 2.85. The first-order valence-corrected chi connectivity index (χ1v) is 6.71. The largest absolute Gasteiger partial charge is 0.497 e. The lowest BCUT2D eigenvalue weighted by atomic mass is 10.2. The number of anilines is 1. The molecule has 0 saturated carbocycles. The SMILES string of the molecule is COc1ccc([N+](=O)[O-])c(NC(C)C(=O)NCC(C)C)c1. The van der Waals surface area contributed by atoms with Gasteiger partial charge in [0.25, 0.3) is 5.69 Å². The van der Waals surface area contributed by atoms with Gasteiger partial charge in [0.1, 0.15) is 17.5 Å². The first-order chi connectivity index (χ1) is 9.85. The highest BCUT2D eigenvalue weighted by molar-refractivity contribution is 5.85. The molecule has 0 fully saturated rings. The molecule has 1 aromatic carbocycles. The van der Waals surface area contributed by atoms with Crippen LogP contribution in [0.5, 0.6) is 5.75 Å². The lowest BCUT2D eigenvalue weighted by Gasteiger charge is -2.16. The summed E-state index contributed by atoms with van der Waals surface area (Å²) in [6.45, 7) is 6.19. The van der Waals surface area contributed by atoms with E-state index in [0.717, 1.165) is 0 Å². The zero-order valence-corrected chi connectivity index (χ0v) is 12.7. The van der Waals surface area contributed by atoms with Crippen LogP contribution in [0.15, 0.2) is 18.2 Å². The Bertz CT molecular complexity index is 517. The van der Waals surface area contributed by atoms with Crippen molar-refractivity contribution in [1.82, 2.24) is 5.32 Å². The molecule has 7 heteroatoms. The van der Waals surface area contributed by atoms with E-state index in [9.17, 15) is 14.9 Å². The summed E-state index contributed by atoms with van der Waals surface area (Å²) in [4.78, 5) is 22.4. The van der Waals surface area contributed by atoms with Gasteiger partial charge >= 0.3 is 0 Å². The van der Waals surface area contributed by atoms with Crippen LogP contribution in [0.4, 0.5) is 11.4 Å². The van der Waals surface area contributed by atoms with E-state index in [0.29, 0.717) is 18.2 Å². The van der Waals surface area contributed by atoms with Crippen molar-refractivity contribution in [3.05, 3.63) is 28.3 Å². The van der Waals surface area contributed by atoms with Crippen molar-refractivity contribution in [2.24, 2.45) is 5.92 Å². The Hall–Kier alpha value is -2.31. The van der Waals surface area contributed by atoms with Crippen LogP contribution in [0.2, 0.25) is 0 Å². The van der Waals surface area contributed by atoms with Crippen LogP contribution in [-0.2, 0) is 4.79 Å². The van der Waals surface area contributed by atoms with Crippen molar-refractivity contribution in [3.63, 3.8) is 0 Å². The van der Waals surface area contributed by atoms with Gasteiger partial charge in [0.15, 0.2) is 0 Å². The summed E-state index contributed by atoms with van der Waals surface area (Å²) in [6, 6.07) is 3.77. The number of carbonyl (C=O) groups is 1. The number of nitrogens with zero attached hydrogens (tertiary/aromatic N) is 1. The second-order valence-electron chi connectivity index (χ2n) is 5.15. The van der Waals surface area contributed by atoms with Crippen molar-refractivity contribution >= 4 is 17.3 Å². The second kappa shape index (κ2) is 7.47. The third-order valence-electron chi connectivity index (χ3n) is 2.85. The molecule has 2 N–H and O–H groups in total. The molecule has 1 atom stereocenters. The summed E-state index contributed by atoms with van der Waals surface area (Å²) >= 11 is 0. The van der Waals surface area contributed by atoms with Crippen molar-refractivity contribution in [1.29, 1.82) is 0 Å². The Morgan fingerprint density at radius 3 is 2.57 bits per heavy atom. The number of nitro benzene ring substituents is 1. The fraction of sp³-hybridized carbons (Fsp3) is 0.500. The number of amides is 1. The molecule has 1 rings (SSSR count). The molecular weight excluding hydrogens is 274 g/mol. The quantitative estimate of drug-likeness (QED) is 0.594. The van der Waals surface area contributed by atoms with Crippen molar-refractivity contribution < 1.29 is 14.5 Å². The average molecular weight is 295 g/mol. The Kier molecular flexibility index (Phi) is 5.95. The Morgan fingerprint density at radius 2 is 2.05 bits per heavy atom. The average Bonchev–Trinajstić information content (AvgIpc) is 2.43. The number of nitrogens with one attached hydrogen (secondary N) is 2. The summed E-state index contributed by atoms with van der Waals surface area (Å²) in [5.41, 5.74) is 0.158. The molecule has 0 radical (unpaired) electrons. The molecule has 21 heavy (non-hydrogen) atoms. The summed E-state index contributed by atoms with van der Waals surface area (Å²) in [5.74, 6) is 0.617. The van der Waals surface area contributed by atoms with E-state index >= 15 is 0 Å². The Morgan fingerprint density at radius 1 is 1.38 bits per heavy atom. The van der Waals surface area contributed by atoms with Crippen LogP contribution < -0.4 is 15.4 Å². The molecule has 0 aliphatic carbocycles. The van der Waals surface area contributed by atoms with Gasteiger partial charge in [-0.3, -0.25) is 14.9 Å². The number of nitro groups is 1. The molecule has 0 spiro atoms. The molecule has 0 saturated heterocycles. The summed E-state index contributed by atoms with van der Waals surface area (Å²) in [5, 5.41) is 16.6. The highest BCUT2D eigenvalue weighted by Gasteiger charge is 2.19. The molecule has 0 aliphatic rings. The molecule has 116 valence electrons. The minimum atomic E-state index is -0.588. The van der Waals surface area contributed by atoms with Gasteiger partial charge in [-0.05, 0) is 18.9 Å². The minimum Gasteiger partial charge on any atom is -0.497 e. The first-order valence-electron chi connectivity index (χ1n) is 6.71. The highest BCUT2D eigenvalue weighted by atomic mass is 16.6. The molecule has 0 bridgehead atoms. The molecule has 0 aliphatic heterocycles. The smallest absolute Gasteiger partial charge is 0.292 e. The molecule has 1 aromatic rings. The Labute approximate surface area is 123 Å². The van der Waals surface area contributed by atoms with Crippen molar-refractivity contribution in [2.45, 2.75) is 26.8 Å². The first kappa shape index (κ1) is 16.7. The predicted octanol–water partition coefficient (Wildman–Crippen LogP) is 2.18. The van der Waals surface area contributed by atoms with Crippen LogP contribution in [-0.4, -0.2) is 30.5 Å². The standard InChI is InChI=1S/C14H21N3O4/c1-9(2)8-15-14(18)10(3)16-12-7-11(21-4)5-6-13(12)17(19)20/h5-7,9-10,16H,8H2,1-4H3,(H,15,18). The molecule has 1 amide bonds. The van der Waals surface area contributed by atoms with Gasteiger partial charge in [-0.25, -0.2) is 0 Å². The van der Waals surface area contributed by atoms with Crippen LogP contribution in [0.3, 0.4) is 0 Å². The summed E-state index contributed by atoms with van der Waals surface area (Å²) in [6.07, 6.45) is 0.